The number of hydrogen-bond acceptors (Lipinski definition) is 3. The number of amides is 1. The topological polar surface area (TPSA) is 49.6 Å². The van der Waals surface area contributed by atoms with Crippen LogP contribution in [-0.2, 0) is 4.79 Å². The standard InChI is InChI=1S/C18H29N3O/c1-7-13(3)20-17(22)15(14-11-9-8-10-12(14)2)16(19)21(20)18(4,5)6/h8-11,13,15-16H,7,19H2,1-6H3. The highest BCUT2D eigenvalue weighted by Crippen LogP contribution is 2.38. The van der Waals surface area contributed by atoms with Crippen molar-refractivity contribution in [2.45, 2.75) is 71.6 Å². The summed E-state index contributed by atoms with van der Waals surface area (Å²) in [6.07, 6.45) is 0.577. The quantitative estimate of drug-likeness (QED) is 0.934. The molecule has 1 aromatic carbocycles. The van der Waals surface area contributed by atoms with Crippen LogP contribution in [0.15, 0.2) is 24.3 Å². The lowest BCUT2D eigenvalue weighted by atomic mass is 9.92. The smallest absolute Gasteiger partial charge is 0.247 e. The van der Waals surface area contributed by atoms with E-state index in [2.05, 4.69) is 39.6 Å². The van der Waals surface area contributed by atoms with Gasteiger partial charge in [-0.2, -0.15) is 5.01 Å². The molecule has 1 heterocycles. The zero-order chi connectivity index (χ0) is 16.7. The first-order valence-corrected chi connectivity index (χ1v) is 8.13. The molecule has 0 spiro atoms. The minimum absolute atomic E-state index is 0.117. The minimum atomic E-state index is -0.331. The molecule has 3 unspecified atom stereocenters. The second-order valence-electron chi connectivity index (χ2n) is 7.28. The van der Waals surface area contributed by atoms with Gasteiger partial charge in [0.15, 0.2) is 0 Å². The van der Waals surface area contributed by atoms with Gasteiger partial charge in [0.2, 0.25) is 5.91 Å². The maximum Gasteiger partial charge on any atom is 0.247 e. The summed E-state index contributed by atoms with van der Waals surface area (Å²) >= 11 is 0. The number of benzene rings is 1. The van der Waals surface area contributed by atoms with Crippen LogP contribution in [-0.4, -0.2) is 33.7 Å². The molecule has 0 aromatic heterocycles. The molecule has 4 heteroatoms. The summed E-state index contributed by atoms with van der Waals surface area (Å²) in [6, 6.07) is 8.20. The van der Waals surface area contributed by atoms with Crippen molar-refractivity contribution in [3.05, 3.63) is 35.4 Å². The van der Waals surface area contributed by atoms with Gasteiger partial charge < -0.3 is 5.73 Å². The Balaban J connectivity index is 2.50. The Morgan fingerprint density at radius 3 is 2.36 bits per heavy atom. The van der Waals surface area contributed by atoms with Crippen molar-refractivity contribution in [2.75, 3.05) is 0 Å². The fourth-order valence-electron chi connectivity index (χ4n) is 3.31. The molecular weight excluding hydrogens is 274 g/mol. The lowest BCUT2D eigenvalue weighted by Crippen LogP contribution is -2.58. The third kappa shape index (κ3) is 2.77. The van der Waals surface area contributed by atoms with Crippen molar-refractivity contribution in [3.8, 4) is 0 Å². The monoisotopic (exact) mass is 303 g/mol. The average Bonchev–Trinajstić information content (AvgIpc) is 2.70. The Bertz CT molecular complexity index is 550. The van der Waals surface area contributed by atoms with E-state index in [1.165, 1.54) is 0 Å². The number of aryl methyl sites for hydroxylation is 1. The van der Waals surface area contributed by atoms with Crippen LogP contribution in [0.3, 0.4) is 0 Å². The van der Waals surface area contributed by atoms with E-state index in [1.54, 1.807) is 0 Å². The van der Waals surface area contributed by atoms with Gasteiger partial charge in [-0.3, -0.25) is 9.80 Å². The summed E-state index contributed by atoms with van der Waals surface area (Å²) in [5.74, 6) is -0.180. The third-order valence-electron chi connectivity index (χ3n) is 4.57. The molecular formula is C18H29N3O. The number of carbonyl (C=O) groups excluding carboxylic acids is 1. The zero-order valence-corrected chi connectivity index (χ0v) is 14.6. The molecule has 4 nitrogen and oxygen atoms in total. The minimum Gasteiger partial charge on any atom is -0.313 e. The molecule has 2 N–H and O–H groups in total. The number of hydrazine groups is 1. The number of rotatable bonds is 3. The summed E-state index contributed by atoms with van der Waals surface area (Å²) in [6.45, 7) is 12.6. The summed E-state index contributed by atoms with van der Waals surface area (Å²) in [5.41, 5.74) is 8.51. The van der Waals surface area contributed by atoms with E-state index >= 15 is 0 Å². The molecule has 1 aromatic rings. The molecule has 0 aliphatic carbocycles. The van der Waals surface area contributed by atoms with Gasteiger partial charge in [0.05, 0.1) is 12.1 Å². The Hall–Kier alpha value is -1.39. The highest BCUT2D eigenvalue weighted by atomic mass is 16.2. The highest BCUT2D eigenvalue weighted by molar-refractivity contribution is 5.87. The second-order valence-corrected chi connectivity index (χ2v) is 7.28. The van der Waals surface area contributed by atoms with Gasteiger partial charge in [0.25, 0.3) is 0 Å². The summed E-state index contributed by atoms with van der Waals surface area (Å²) in [5, 5.41) is 3.96. The molecule has 2 rings (SSSR count). The molecule has 22 heavy (non-hydrogen) atoms. The van der Waals surface area contributed by atoms with Crippen LogP contribution < -0.4 is 5.73 Å². The van der Waals surface area contributed by atoms with Crippen LogP contribution in [0.1, 0.15) is 58.1 Å². The van der Waals surface area contributed by atoms with Gasteiger partial charge in [-0.05, 0) is 52.2 Å². The van der Waals surface area contributed by atoms with E-state index in [-0.39, 0.29) is 29.6 Å². The Kier molecular flexibility index (Phi) is 4.64. The molecule has 0 bridgehead atoms. The number of hydrogen-bond donors (Lipinski definition) is 1. The molecule has 1 aliphatic rings. The normalized spacial score (nSPS) is 24.9. The molecule has 1 saturated heterocycles. The molecule has 1 fully saturated rings. The van der Waals surface area contributed by atoms with Crippen molar-refractivity contribution in [2.24, 2.45) is 5.73 Å². The predicted molar refractivity (Wildman–Crippen MR) is 90.1 cm³/mol. The fourth-order valence-corrected chi connectivity index (χ4v) is 3.31. The zero-order valence-electron chi connectivity index (χ0n) is 14.6. The van der Waals surface area contributed by atoms with Gasteiger partial charge >= 0.3 is 0 Å². The first kappa shape index (κ1) is 17.0. The second kappa shape index (κ2) is 6.01. The number of carbonyl (C=O) groups is 1. The SMILES string of the molecule is CCC(C)N1C(=O)C(c2ccccc2C)C(N)N1C(C)(C)C. The number of nitrogens with two attached hydrogens (primary N) is 1. The lowest BCUT2D eigenvalue weighted by molar-refractivity contribution is -0.154. The van der Waals surface area contributed by atoms with Crippen molar-refractivity contribution in [1.82, 2.24) is 10.0 Å². The maximum atomic E-state index is 13.1. The summed E-state index contributed by atoms with van der Waals surface area (Å²) < 4.78 is 0. The van der Waals surface area contributed by atoms with E-state index in [4.69, 9.17) is 5.73 Å². The van der Waals surface area contributed by atoms with Gasteiger partial charge in [-0.1, -0.05) is 31.2 Å². The van der Waals surface area contributed by atoms with Gasteiger partial charge in [0.1, 0.15) is 0 Å². The number of nitrogens with zero attached hydrogens (tertiary/aromatic N) is 2. The Morgan fingerprint density at radius 2 is 1.86 bits per heavy atom. The molecule has 3 atom stereocenters. The molecule has 1 amide bonds. The van der Waals surface area contributed by atoms with E-state index in [1.807, 2.05) is 36.2 Å². The van der Waals surface area contributed by atoms with E-state index in [9.17, 15) is 4.79 Å². The van der Waals surface area contributed by atoms with Crippen molar-refractivity contribution in [1.29, 1.82) is 0 Å². The third-order valence-corrected chi connectivity index (χ3v) is 4.57. The van der Waals surface area contributed by atoms with Crippen LogP contribution in [0, 0.1) is 6.92 Å². The fraction of sp³-hybridized carbons (Fsp3) is 0.611. The highest BCUT2D eigenvalue weighted by Gasteiger charge is 2.51. The first-order valence-electron chi connectivity index (χ1n) is 8.13. The summed E-state index contributed by atoms with van der Waals surface area (Å²) in [7, 11) is 0. The van der Waals surface area contributed by atoms with Crippen LogP contribution in [0.5, 0.6) is 0 Å². The largest absolute Gasteiger partial charge is 0.313 e. The van der Waals surface area contributed by atoms with E-state index < -0.39 is 0 Å². The average molecular weight is 303 g/mol. The Labute approximate surface area is 134 Å². The predicted octanol–water partition coefficient (Wildman–Crippen LogP) is 3.02. The van der Waals surface area contributed by atoms with Crippen molar-refractivity contribution >= 4 is 5.91 Å². The molecule has 0 saturated carbocycles. The Morgan fingerprint density at radius 1 is 1.27 bits per heavy atom. The van der Waals surface area contributed by atoms with Gasteiger partial charge in [-0.25, -0.2) is 0 Å². The van der Waals surface area contributed by atoms with Crippen LogP contribution >= 0.6 is 0 Å². The summed E-state index contributed by atoms with van der Waals surface area (Å²) in [4.78, 5) is 13.1. The van der Waals surface area contributed by atoms with Gasteiger partial charge in [0, 0.05) is 11.6 Å². The van der Waals surface area contributed by atoms with E-state index in [0.717, 1.165) is 17.5 Å². The molecule has 122 valence electrons. The van der Waals surface area contributed by atoms with Crippen molar-refractivity contribution < 1.29 is 4.79 Å². The van der Waals surface area contributed by atoms with Crippen LogP contribution in [0.25, 0.3) is 0 Å². The molecule has 1 aliphatic heterocycles. The van der Waals surface area contributed by atoms with E-state index in [0.29, 0.717) is 0 Å². The van der Waals surface area contributed by atoms with Crippen LogP contribution in [0.2, 0.25) is 0 Å². The van der Waals surface area contributed by atoms with Crippen molar-refractivity contribution in [3.63, 3.8) is 0 Å². The van der Waals surface area contributed by atoms with Gasteiger partial charge in [-0.15, -0.1) is 0 Å². The first-order chi connectivity index (χ1) is 10.2. The lowest BCUT2D eigenvalue weighted by Gasteiger charge is -2.43. The maximum absolute atomic E-state index is 13.1. The molecule has 0 radical (unpaired) electrons. The van der Waals surface area contributed by atoms with Crippen LogP contribution in [0.4, 0.5) is 0 Å².